The van der Waals surface area contributed by atoms with Crippen molar-refractivity contribution in [3.05, 3.63) is 16.5 Å². The Balaban J connectivity index is 2.27. The van der Waals surface area contributed by atoms with Gasteiger partial charge in [0, 0.05) is 29.2 Å². The van der Waals surface area contributed by atoms with Gasteiger partial charge in [-0.3, -0.25) is 4.79 Å². The summed E-state index contributed by atoms with van der Waals surface area (Å²) in [6.07, 6.45) is 4.31. The van der Waals surface area contributed by atoms with E-state index in [1.165, 1.54) is 0 Å². The van der Waals surface area contributed by atoms with Crippen LogP contribution in [0.5, 0.6) is 0 Å². The highest BCUT2D eigenvalue weighted by atomic mass is 35.7. The Labute approximate surface area is 121 Å². The highest BCUT2D eigenvalue weighted by Crippen LogP contribution is 2.30. The fourth-order valence-electron chi connectivity index (χ4n) is 2.29. The van der Waals surface area contributed by atoms with Gasteiger partial charge in [0.1, 0.15) is 4.21 Å². The topological polar surface area (TPSA) is 54.5 Å². The molecule has 0 saturated carbocycles. The summed E-state index contributed by atoms with van der Waals surface area (Å²) in [7, 11) is 1.59. The molecule has 0 radical (unpaired) electrons. The van der Waals surface area contributed by atoms with E-state index < -0.39 is 9.05 Å². The largest absolute Gasteiger partial charge is 0.339 e. The maximum atomic E-state index is 12.4. The molecule has 1 aromatic rings. The van der Waals surface area contributed by atoms with Gasteiger partial charge in [0.15, 0.2) is 0 Å². The van der Waals surface area contributed by atoms with Crippen LogP contribution >= 0.6 is 22.0 Å². The summed E-state index contributed by atoms with van der Waals surface area (Å²) in [4.78, 5) is 14.2. The molecule has 0 aromatic carbocycles. The predicted molar refractivity (Wildman–Crippen MR) is 76.5 cm³/mol. The standard InChI is InChI=1S/C12H16ClNO3S2/c1-9-10(8-18-12(9)19(13,16)17)11(15)14-6-4-2-3-5-7-14/h8H,2-7H2,1H3. The average molecular weight is 322 g/mol. The van der Waals surface area contributed by atoms with Crippen LogP contribution < -0.4 is 0 Å². The normalized spacial score (nSPS) is 17.3. The first-order valence-corrected chi connectivity index (χ1v) is 9.42. The molecule has 0 atom stereocenters. The molecule has 7 heteroatoms. The third-order valence-electron chi connectivity index (χ3n) is 3.34. The number of amides is 1. The van der Waals surface area contributed by atoms with E-state index in [1.54, 1.807) is 12.3 Å². The Hall–Kier alpha value is -0.590. The fraction of sp³-hybridized carbons (Fsp3) is 0.583. The number of thiophene rings is 1. The molecule has 2 rings (SSSR count). The lowest BCUT2D eigenvalue weighted by atomic mass is 10.2. The van der Waals surface area contributed by atoms with Crippen molar-refractivity contribution in [1.29, 1.82) is 0 Å². The number of carbonyl (C=O) groups excluding carboxylic acids is 1. The third kappa shape index (κ3) is 3.30. The molecule has 19 heavy (non-hydrogen) atoms. The second-order valence-corrected chi connectivity index (χ2v) is 8.35. The minimum absolute atomic E-state index is 0.0762. The van der Waals surface area contributed by atoms with Crippen LogP contribution in [0.4, 0.5) is 0 Å². The molecule has 4 nitrogen and oxygen atoms in total. The van der Waals surface area contributed by atoms with Gasteiger partial charge in [-0.25, -0.2) is 8.42 Å². The van der Waals surface area contributed by atoms with Crippen molar-refractivity contribution in [1.82, 2.24) is 4.90 Å². The Kier molecular flexibility index (Phi) is 4.53. The minimum atomic E-state index is -3.76. The third-order valence-corrected chi connectivity index (χ3v) is 6.65. The molecule has 0 spiro atoms. The summed E-state index contributed by atoms with van der Waals surface area (Å²) in [5.74, 6) is -0.0813. The van der Waals surface area contributed by atoms with Crippen LogP contribution in [0.1, 0.15) is 41.6 Å². The minimum Gasteiger partial charge on any atom is -0.339 e. The summed E-state index contributed by atoms with van der Waals surface area (Å²) in [5, 5.41) is 1.60. The maximum Gasteiger partial charge on any atom is 0.271 e. The van der Waals surface area contributed by atoms with Crippen molar-refractivity contribution in [2.24, 2.45) is 0 Å². The SMILES string of the molecule is Cc1c(C(=O)N2CCCCCC2)csc1S(=O)(=O)Cl. The van der Waals surface area contributed by atoms with Crippen LogP contribution in [0, 0.1) is 6.92 Å². The molecule has 0 bridgehead atoms. The first kappa shape index (κ1) is 14.8. The average Bonchev–Trinajstić information content (AvgIpc) is 2.57. The number of hydrogen-bond donors (Lipinski definition) is 0. The molecule has 1 saturated heterocycles. The second kappa shape index (κ2) is 5.81. The maximum absolute atomic E-state index is 12.4. The van der Waals surface area contributed by atoms with E-state index in [4.69, 9.17) is 10.7 Å². The van der Waals surface area contributed by atoms with Gasteiger partial charge in [0.2, 0.25) is 0 Å². The molecule has 1 aliphatic rings. The van der Waals surface area contributed by atoms with Gasteiger partial charge >= 0.3 is 0 Å². The number of likely N-dealkylation sites (tertiary alicyclic amines) is 1. The molecule has 106 valence electrons. The molecule has 1 aliphatic heterocycles. The molecular weight excluding hydrogens is 306 g/mol. The van der Waals surface area contributed by atoms with Gasteiger partial charge in [0.05, 0.1) is 5.56 Å². The molecule has 0 N–H and O–H groups in total. The highest BCUT2D eigenvalue weighted by Gasteiger charge is 2.25. The van der Waals surface area contributed by atoms with E-state index in [0.29, 0.717) is 11.1 Å². The molecule has 0 unspecified atom stereocenters. The Morgan fingerprint density at radius 1 is 1.26 bits per heavy atom. The van der Waals surface area contributed by atoms with E-state index in [2.05, 4.69) is 0 Å². The lowest BCUT2D eigenvalue weighted by Crippen LogP contribution is -2.32. The van der Waals surface area contributed by atoms with Gasteiger partial charge in [-0.2, -0.15) is 0 Å². The molecule has 2 heterocycles. The number of halogens is 1. The zero-order valence-electron chi connectivity index (χ0n) is 10.7. The summed E-state index contributed by atoms with van der Waals surface area (Å²) in [6, 6.07) is 0. The molecular formula is C12H16ClNO3S2. The van der Waals surface area contributed by atoms with Gasteiger partial charge < -0.3 is 4.90 Å². The van der Waals surface area contributed by atoms with E-state index >= 15 is 0 Å². The lowest BCUT2D eigenvalue weighted by molar-refractivity contribution is 0.0761. The van der Waals surface area contributed by atoms with E-state index in [1.807, 2.05) is 4.90 Å². The Bertz CT molecular complexity index is 572. The van der Waals surface area contributed by atoms with Gasteiger partial charge in [-0.05, 0) is 25.3 Å². The molecule has 1 fully saturated rings. The van der Waals surface area contributed by atoms with Crippen molar-refractivity contribution in [2.45, 2.75) is 36.8 Å². The van der Waals surface area contributed by atoms with Crippen LogP contribution in [0.25, 0.3) is 0 Å². The van der Waals surface area contributed by atoms with Gasteiger partial charge in [-0.15, -0.1) is 11.3 Å². The first-order valence-electron chi connectivity index (χ1n) is 6.23. The molecule has 0 aliphatic carbocycles. The Morgan fingerprint density at radius 3 is 2.32 bits per heavy atom. The number of nitrogens with zero attached hydrogens (tertiary/aromatic N) is 1. The lowest BCUT2D eigenvalue weighted by Gasteiger charge is -2.20. The van der Waals surface area contributed by atoms with Crippen LogP contribution in [0.15, 0.2) is 9.59 Å². The van der Waals surface area contributed by atoms with Crippen molar-refractivity contribution >= 4 is 37.0 Å². The second-order valence-electron chi connectivity index (χ2n) is 4.71. The van der Waals surface area contributed by atoms with Crippen LogP contribution in [-0.2, 0) is 9.05 Å². The van der Waals surface area contributed by atoms with Crippen LogP contribution in [0.3, 0.4) is 0 Å². The smallest absolute Gasteiger partial charge is 0.271 e. The summed E-state index contributed by atoms with van der Waals surface area (Å²) < 4.78 is 22.8. The zero-order chi connectivity index (χ0) is 14.0. The predicted octanol–water partition coefficient (Wildman–Crippen LogP) is 3.00. The molecule has 1 amide bonds. The van der Waals surface area contributed by atoms with Crippen molar-refractivity contribution in [3.63, 3.8) is 0 Å². The van der Waals surface area contributed by atoms with Crippen molar-refractivity contribution in [3.8, 4) is 0 Å². The van der Waals surface area contributed by atoms with Crippen molar-refractivity contribution < 1.29 is 13.2 Å². The summed E-state index contributed by atoms with van der Waals surface area (Å²) >= 11 is 1.01. The summed E-state index contributed by atoms with van der Waals surface area (Å²) in [6.45, 7) is 3.13. The van der Waals surface area contributed by atoms with Gasteiger partial charge in [0.25, 0.3) is 15.0 Å². The number of carbonyl (C=O) groups is 1. The Morgan fingerprint density at radius 2 is 1.84 bits per heavy atom. The fourth-order valence-corrected chi connectivity index (χ4v) is 4.84. The van der Waals surface area contributed by atoms with Crippen LogP contribution in [-0.4, -0.2) is 32.3 Å². The van der Waals surface area contributed by atoms with E-state index in [0.717, 1.165) is 50.1 Å². The number of rotatable bonds is 2. The van der Waals surface area contributed by atoms with Crippen LogP contribution in [0.2, 0.25) is 0 Å². The number of hydrogen-bond acceptors (Lipinski definition) is 4. The van der Waals surface area contributed by atoms with E-state index in [-0.39, 0.29) is 10.1 Å². The monoisotopic (exact) mass is 321 g/mol. The van der Waals surface area contributed by atoms with Gasteiger partial charge in [-0.1, -0.05) is 12.8 Å². The first-order chi connectivity index (χ1) is 8.91. The molecule has 1 aromatic heterocycles. The highest BCUT2D eigenvalue weighted by molar-refractivity contribution is 8.15. The van der Waals surface area contributed by atoms with E-state index in [9.17, 15) is 13.2 Å². The van der Waals surface area contributed by atoms with Crippen molar-refractivity contribution in [2.75, 3.05) is 13.1 Å². The zero-order valence-corrected chi connectivity index (χ0v) is 13.1. The quantitative estimate of drug-likeness (QED) is 0.787. The summed E-state index contributed by atoms with van der Waals surface area (Å²) in [5.41, 5.74) is 0.931.